The molecule has 0 fully saturated rings. The zero-order valence-corrected chi connectivity index (χ0v) is 14.0. The lowest BCUT2D eigenvalue weighted by atomic mass is 10.1. The van der Waals surface area contributed by atoms with E-state index in [9.17, 15) is 5.11 Å². The van der Waals surface area contributed by atoms with Crippen LogP contribution in [0.25, 0.3) is 0 Å². The lowest BCUT2D eigenvalue weighted by Gasteiger charge is -2.23. The van der Waals surface area contributed by atoms with Crippen molar-refractivity contribution >= 4 is 11.6 Å². The highest BCUT2D eigenvalue weighted by atomic mass is 35.5. The Morgan fingerprint density at radius 3 is 2.61 bits per heavy atom. The van der Waals surface area contributed by atoms with E-state index in [1.807, 2.05) is 36.4 Å². The van der Waals surface area contributed by atoms with E-state index in [1.165, 1.54) is 7.11 Å². The predicted molar refractivity (Wildman–Crippen MR) is 91.9 cm³/mol. The number of para-hydroxylation sites is 1. The van der Waals surface area contributed by atoms with E-state index >= 15 is 0 Å². The third-order valence-corrected chi connectivity index (χ3v) is 3.86. The fraction of sp³-hybridized carbons (Fsp3) is 0.333. The summed E-state index contributed by atoms with van der Waals surface area (Å²) in [6.45, 7) is 2.11. The Hall–Kier alpha value is -1.75. The molecule has 5 heteroatoms. The van der Waals surface area contributed by atoms with Crippen molar-refractivity contribution in [1.29, 1.82) is 0 Å². The fourth-order valence-electron chi connectivity index (χ4n) is 2.50. The van der Waals surface area contributed by atoms with Gasteiger partial charge in [0.05, 0.1) is 7.11 Å². The molecular formula is C18H22ClNO3. The number of phenols is 1. The van der Waals surface area contributed by atoms with Gasteiger partial charge in [0.2, 0.25) is 0 Å². The van der Waals surface area contributed by atoms with E-state index < -0.39 is 0 Å². The van der Waals surface area contributed by atoms with Gasteiger partial charge in [0.15, 0.2) is 11.5 Å². The molecule has 4 nitrogen and oxygen atoms in total. The van der Waals surface area contributed by atoms with Crippen molar-refractivity contribution in [3.63, 3.8) is 0 Å². The van der Waals surface area contributed by atoms with E-state index in [0.717, 1.165) is 17.7 Å². The van der Waals surface area contributed by atoms with Crippen molar-refractivity contribution < 1.29 is 14.9 Å². The molecule has 0 saturated heterocycles. The van der Waals surface area contributed by atoms with Gasteiger partial charge in [0.1, 0.15) is 0 Å². The van der Waals surface area contributed by atoms with Crippen molar-refractivity contribution in [2.45, 2.75) is 19.5 Å². The average molecular weight is 336 g/mol. The van der Waals surface area contributed by atoms with Gasteiger partial charge >= 0.3 is 0 Å². The van der Waals surface area contributed by atoms with Gasteiger partial charge in [-0.05, 0) is 30.2 Å². The van der Waals surface area contributed by atoms with Gasteiger partial charge in [0, 0.05) is 36.8 Å². The Labute approximate surface area is 141 Å². The summed E-state index contributed by atoms with van der Waals surface area (Å²) in [5.74, 6) is 0.627. The van der Waals surface area contributed by atoms with Crippen molar-refractivity contribution in [2.24, 2.45) is 0 Å². The number of phenolic OH excluding ortho intramolecular Hbond substituents is 1. The molecule has 124 valence electrons. The van der Waals surface area contributed by atoms with Crippen LogP contribution < -0.4 is 4.74 Å². The molecule has 2 N–H and O–H groups in total. The summed E-state index contributed by atoms with van der Waals surface area (Å²) in [6.07, 6.45) is 0.672. The number of hydrogen-bond acceptors (Lipinski definition) is 4. The van der Waals surface area contributed by atoms with Gasteiger partial charge in [-0.3, -0.25) is 4.90 Å². The maximum absolute atomic E-state index is 10.3. The predicted octanol–water partition coefficient (Wildman–Crippen LogP) is 3.44. The lowest BCUT2D eigenvalue weighted by Crippen LogP contribution is -2.24. The van der Waals surface area contributed by atoms with Crippen molar-refractivity contribution in [1.82, 2.24) is 4.90 Å². The first-order chi connectivity index (χ1) is 11.1. The van der Waals surface area contributed by atoms with Crippen LogP contribution in [0.4, 0.5) is 0 Å². The number of nitrogens with zero attached hydrogens (tertiary/aromatic N) is 1. The van der Waals surface area contributed by atoms with Crippen LogP contribution >= 0.6 is 11.6 Å². The topological polar surface area (TPSA) is 52.9 Å². The second-order valence-electron chi connectivity index (χ2n) is 5.39. The second-order valence-corrected chi connectivity index (χ2v) is 5.82. The largest absolute Gasteiger partial charge is 0.504 e. The summed E-state index contributed by atoms with van der Waals surface area (Å²) in [4.78, 5) is 2.16. The highest BCUT2D eigenvalue weighted by Gasteiger charge is 2.12. The summed E-state index contributed by atoms with van der Waals surface area (Å²) < 4.78 is 5.16. The summed E-state index contributed by atoms with van der Waals surface area (Å²) in [5.41, 5.74) is 1.89. The van der Waals surface area contributed by atoms with Crippen molar-refractivity contribution in [3.8, 4) is 11.5 Å². The van der Waals surface area contributed by atoms with Crippen LogP contribution in [0.3, 0.4) is 0 Å². The van der Waals surface area contributed by atoms with Crippen molar-refractivity contribution in [3.05, 3.63) is 58.6 Å². The van der Waals surface area contributed by atoms with Crippen LogP contribution in [0.5, 0.6) is 11.5 Å². The first-order valence-corrected chi connectivity index (χ1v) is 7.94. The molecule has 0 aromatic heterocycles. The van der Waals surface area contributed by atoms with Gasteiger partial charge in [-0.1, -0.05) is 35.9 Å². The van der Waals surface area contributed by atoms with E-state index in [-0.39, 0.29) is 12.4 Å². The molecular weight excluding hydrogens is 314 g/mol. The highest BCUT2D eigenvalue weighted by Crippen LogP contribution is 2.30. The molecule has 0 aliphatic heterocycles. The summed E-state index contributed by atoms with van der Waals surface area (Å²) >= 11 is 6.04. The van der Waals surface area contributed by atoms with Crippen LogP contribution in [0, 0.1) is 0 Å². The Balaban J connectivity index is 2.15. The molecule has 0 heterocycles. The SMILES string of the molecule is COc1cccc(CN(CCCO)Cc2cccc(Cl)c2)c1O. The van der Waals surface area contributed by atoms with E-state index in [1.54, 1.807) is 6.07 Å². The van der Waals surface area contributed by atoms with Gasteiger partial charge in [-0.15, -0.1) is 0 Å². The highest BCUT2D eigenvalue weighted by molar-refractivity contribution is 6.30. The quantitative estimate of drug-likeness (QED) is 0.776. The number of rotatable bonds is 8. The number of methoxy groups -OCH3 is 1. The number of hydrogen-bond donors (Lipinski definition) is 2. The molecule has 0 aliphatic rings. The number of aliphatic hydroxyl groups excluding tert-OH is 1. The van der Waals surface area contributed by atoms with E-state index in [0.29, 0.717) is 30.3 Å². The van der Waals surface area contributed by atoms with Crippen LogP contribution in [-0.2, 0) is 13.1 Å². The van der Waals surface area contributed by atoms with Gasteiger partial charge in [-0.25, -0.2) is 0 Å². The fourth-order valence-corrected chi connectivity index (χ4v) is 2.72. The zero-order chi connectivity index (χ0) is 16.7. The Kier molecular flexibility index (Phi) is 6.71. The Morgan fingerprint density at radius 1 is 1.13 bits per heavy atom. The van der Waals surface area contributed by atoms with Crippen LogP contribution in [0.1, 0.15) is 17.5 Å². The molecule has 0 spiro atoms. The molecule has 0 radical (unpaired) electrons. The normalized spacial score (nSPS) is 11.0. The maximum atomic E-state index is 10.3. The first-order valence-electron chi connectivity index (χ1n) is 7.56. The smallest absolute Gasteiger partial charge is 0.162 e. The summed E-state index contributed by atoms with van der Waals surface area (Å²) in [7, 11) is 1.54. The Morgan fingerprint density at radius 2 is 1.91 bits per heavy atom. The number of benzene rings is 2. The van der Waals surface area contributed by atoms with Gasteiger partial charge < -0.3 is 14.9 Å². The molecule has 23 heavy (non-hydrogen) atoms. The van der Waals surface area contributed by atoms with Crippen molar-refractivity contribution in [2.75, 3.05) is 20.3 Å². The minimum atomic E-state index is 0.135. The Bertz CT molecular complexity index is 633. The third kappa shape index (κ3) is 5.13. The van der Waals surface area contributed by atoms with E-state index in [4.69, 9.17) is 21.4 Å². The van der Waals surface area contributed by atoms with Gasteiger partial charge in [0.25, 0.3) is 0 Å². The molecule has 0 aliphatic carbocycles. The molecule has 2 aromatic carbocycles. The van der Waals surface area contributed by atoms with Gasteiger partial charge in [-0.2, -0.15) is 0 Å². The minimum Gasteiger partial charge on any atom is -0.504 e. The molecule has 2 rings (SSSR count). The zero-order valence-electron chi connectivity index (χ0n) is 13.2. The molecule has 0 bridgehead atoms. The molecule has 0 unspecified atom stereocenters. The lowest BCUT2D eigenvalue weighted by molar-refractivity contribution is 0.210. The monoisotopic (exact) mass is 335 g/mol. The van der Waals surface area contributed by atoms with Crippen LogP contribution in [0.2, 0.25) is 5.02 Å². The van der Waals surface area contributed by atoms with Crippen LogP contribution in [0.15, 0.2) is 42.5 Å². The number of aliphatic hydroxyl groups is 1. The number of halogens is 1. The number of ether oxygens (including phenoxy) is 1. The molecule has 0 atom stereocenters. The summed E-state index contributed by atoms with van der Waals surface area (Å²) in [6, 6.07) is 13.2. The maximum Gasteiger partial charge on any atom is 0.162 e. The molecule has 0 amide bonds. The minimum absolute atomic E-state index is 0.135. The number of aromatic hydroxyl groups is 1. The molecule has 2 aromatic rings. The standard InChI is InChI=1S/C18H22ClNO3/c1-23-17-8-3-6-15(18(17)22)13-20(9-4-10-21)12-14-5-2-7-16(19)11-14/h2-3,5-8,11,21-22H,4,9-10,12-13H2,1H3. The second kappa shape index (κ2) is 8.77. The first kappa shape index (κ1) is 17.6. The van der Waals surface area contributed by atoms with E-state index in [2.05, 4.69) is 4.90 Å². The average Bonchev–Trinajstić information content (AvgIpc) is 2.54. The third-order valence-electron chi connectivity index (χ3n) is 3.62. The molecule has 0 saturated carbocycles. The van der Waals surface area contributed by atoms with Crippen LogP contribution in [-0.4, -0.2) is 35.4 Å². The summed E-state index contributed by atoms with van der Waals surface area (Å²) in [5, 5.41) is 20.1.